The fourth-order valence-corrected chi connectivity index (χ4v) is 0.728. The summed E-state index contributed by atoms with van der Waals surface area (Å²) in [5, 5.41) is 10.9. The van der Waals surface area contributed by atoms with Crippen molar-refractivity contribution in [1.29, 1.82) is 0 Å². The van der Waals surface area contributed by atoms with Crippen molar-refractivity contribution in [2.24, 2.45) is 0 Å². The van der Waals surface area contributed by atoms with E-state index in [0.29, 0.717) is 0 Å². The van der Waals surface area contributed by atoms with Crippen LogP contribution in [0.1, 0.15) is 0 Å². The Bertz CT molecular complexity index is 321. The number of hydrogen-bond donors (Lipinski definition) is 0. The van der Waals surface area contributed by atoms with Crippen LogP contribution in [0.15, 0.2) is 17.2 Å². The van der Waals surface area contributed by atoms with E-state index in [0.717, 1.165) is 14.2 Å². The molecule has 0 spiro atoms. The maximum absolute atomic E-state index is 11.2. The Hall–Kier alpha value is -1.94. The number of methoxy groups -OCH3 is 3. The number of ether oxygens (including phenoxy) is 3. The molecule has 84 valence electrons. The number of rotatable bonds is 3. The Morgan fingerprint density at radius 3 is 2.13 bits per heavy atom. The van der Waals surface area contributed by atoms with Crippen molar-refractivity contribution >= 4 is 11.9 Å². The second-order valence-electron chi connectivity index (χ2n) is 2.18. The molecule has 0 bridgehead atoms. The van der Waals surface area contributed by atoms with Crippen molar-refractivity contribution in [3.63, 3.8) is 0 Å². The van der Waals surface area contributed by atoms with Crippen LogP contribution in [0, 0.1) is 0 Å². The van der Waals surface area contributed by atoms with Gasteiger partial charge in [0.05, 0.1) is 13.1 Å². The zero-order valence-electron chi connectivity index (χ0n) is 8.95. The van der Waals surface area contributed by atoms with Crippen molar-refractivity contribution in [2.45, 2.75) is 0 Å². The first-order valence-electron chi connectivity index (χ1n) is 3.86. The van der Waals surface area contributed by atoms with Gasteiger partial charge in [-0.05, 0) is 7.11 Å². The molecule has 0 saturated carbocycles. The molecule has 6 heteroatoms. The maximum Gasteiger partial charge on any atom is 0.535 e. The summed E-state index contributed by atoms with van der Waals surface area (Å²) in [4.78, 5) is 11.2. The van der Waals surface area contributed by atoms with E-state index in [2.05, 4.69) is 15.2 Å². The quantitative estimate of drug-likeness (QED) is 0.113. The van der Waals surface area contributed by atoms with E-state index in [1.54, 1.807) is 0 Å². The van der Waals surface area contributed by atoms with Crippen LogP contribution in [0.25, 0.3) is 0 Å². The van der Waals surface area contributed by atoms with Gasteiger partial charge in [0.2, 0.25) is 5.57 Å². The summed E-state index contributed by atoms with van der Waals surface area (Å²) in [6, 6.07) is 0. The van der Waals surface area contributed by atoms with Crippen LogP contribution in [0.4, 0.5) is 0 Å². The molecule has 0 heterocycles. The van der Waals surface area contributed by atoms with Gasteiger partial charge in [-0.15, -0.1) is 0 Å². The van der Waals surface area contributed by atoms with Gasteiger partial charge in [-0.2, -0.15) is 0 Å². The standard InChI is InChI=1S/C9H12O6/c1-12-7(10)5-6(8(11)13-2)9(14-3)15-4/h1-4H3. The lowest BCUT2D eigenvalue weighted by Crippen LogP contribution is -2.18. The van der Waals surface area contributed by atoms with E-state index in [4.69, 9.17) is 9.16 Å². The number of carbonyl (C=O) groups is 1. The van der Waals surface area contributed by atoms with E-state index in [-0.39, 0.29) is 11.5 Å². The van der Waals surface area contributed by atoms with Crippen LogP contribution in [-0.4, -0.2) is 40.4 Å². The highest BCUT2D eigenvalue weighted by atomic mass is 16.6. The molecule has 0 aliphatic heterocycles. The second kappa shape index (κ2) is 6.50. The molecule has 0 unspecified atom stereocenters. The smallest absolute Gasteiger partial charge is 0.535 e. The van der Waals surface area contributed by atoms with Crippen molar-refractivity contribution < 1.29 is 28.5 Å². The first-order chi connectivity index (χ1) is 7.10. The van der Waals surface area contributed by atoms with Crippen molar-refractivity contribution in [2.75, 3.05) is 28.4 Å². The zero-order valence-corrected chi connectivity index (χ0v) is 8.95. The zero-order chi connectivity index (χ0) is 11.8. The largest absolute Gasteiger partial charge is 0.611 e. The molecule has 0 rings (SSSR count). The van der Waals surface area contributed by atoms with Crippen LogP contribution in [0.5, 0.6) is 0 Å². The SMILES string of the molecule is COC(=O)C(=C=C([O-])OC)C(OC)=[O+]C. The van der Waals surface area contributed by atoms with Crippen LogP contribution in [0.2, 0.25) is 0 Å². The molecule has 0 fully saturated rings. The minimum atomic E-state index is -0.831. The molecule has 0 aromatic rings. The molecule has 0 aromatic carbocycles. The highest BCUT2D eigenvalue weighted by Gasteiger charge is 2.27. The average molecular weight is 216 g/mol. The van der Waals surface area contributed by atoms with Crippen LogP contribution < -0.4 is 5.11 Å². The van der Waals surface area contributed by atoms with Gasteiger partial charge in [0.25, 0.3) is 0 Å². The summed E-state index contributed by atoms with van der Waals surface area (Å²) in [5.41, 5.74) is 1.84. The summed E-state index contributed by atoms with van der Waals surface area (Å²) in [6.07, 6.45) is 0. The molecule has 0 saturated heterocycles. The third-order valence-electron chi connectivity index (χ3n) is 1.38. The summed E-state index contributed by atoms with van der Waals surface area (Å²) in [5.74, 6) is -1.81. The Labute approximate surface area is 87.1 Å². The van der Waals surface area contributed by atoms with Crippen molar-refractivity contribution in [1.82, 2.24) is 0 Å². The maximum atomic E-state index is 11.2. The normalized spacial score (nSPS) is 10.0. The lowest BCUT2D eigenvalue weighted by atomic mass is 10.3. The minimum Gasteiger partial charge on any atom is -0.611 e. The number of esters is 2. The highest BCUT2D eigenvalue weighted by Crippen LogP contribution is 2.00. The Morgan fingerprint density at radius 1 is 1.20 bits per heavy atom. The van der Waals surface area contributed by atoms with Gasteiger partial charge in [0, 0.05) is 0 Å². The first-order valence-corrected chi connectivity index (χ1v) is 3.86. The summed E-state index contributed by atoms with van der Waals surface area (Å²) in [7, 11) is 4.87. The van der Waals surface area contributed by atoms with Crippen molar-refractivity contribution in [3.8, 4) is 0 Å². The van der Waals surface area contributed by atoms with Crippen molar-refractivity contribution in [3.05, 3.63) is 17.2 Å². The van der Waals surface area contributed by atoms with Gasteiger partial charge >= 0.3 is 11.9 Å². The monoisotopic (exact) mass is 216 g/mol. The van der Waals surface area contributed by atoms with Gasteiger partial charge in [-0.1, -0.05) is 5.73 Å². The van der Waals surface area contributed by atoms with Gasteiger partial charge in [-0.25, -0.2) is 4.79 Å². The molecule has 6 nitrogen and oxygen atoms in total. The van der Waals surface area contributed by atoms with Crippen LogP contribution in [0.3, 0.4) is 0 Å². The molecule has 0 amide bonds. The van der Waals surface area contributed by atoms with E-state index < -0.39 is 11.9 Å². The summed E-state index contributed by atoms with van der Waals surface area (Å²) < 4.78 is 18.2. The molecule has 0 aliphatic rings. The summed E-state index contributed by atoms with van der Waals surface area (Å²) in [6.45, 7) is 0. The summed E-state index contributed by atoms with van der Waals surface area (Å²) >= 11 is 0. The molecule has 0 aliphatic carbocycles. The second-order valence-corrected chi connectivity index (χ2v) is 2.18. The van der Waals surface area contributed by atoms with Gasteiger partial charge in [0.1, 0.15) is 0 Å². The molecule has 0 atom stereocenters. The molecule has 15 heavy (non-hydrogen) atoms. The molecule has 0 radical (unpaired) electrons. The molecule has 0 N–H and O–H groups in total. The van der Waals surface area contributed by atoms with Gasteiger partial charge < -0.3 is 23.7 Å². The van der Waals surface area contributed by atoms with Gasteiger partial charge in [-0.3, -0.25) is 0 Å². The predicted molar refractivity (Wildman–Crippen MR) is 47.5 cm³/mol. The number of carbonyl (C=O) groups excluding carboxylic acids is 2. The topological polar surface area (TPSA) is 79.1 Å². The lowest BCUT2D eigenvalue weighted by molar-refractivity contribution is -0.430. The Morgan fingerprint density at radius 2 is 1.80 bits per heavy atom. The van der Waals surface area contributed by atoms with E-state index in [1.807, 2.05) is 0 Å². The first kappa shape index (κ1) is 13.1. The Balaban J connectivity index is 5.44. The van der Waals surface area contributed by atoms with E-state index >= 15 is 0 Å². The fraction of sp³-hybridized carbons (Fsp3) is 0.444. The Kier molecular flexibility index (Phi) is 5.66. The average Bonchev–Trinajstić information content (AvgIpc) is 2.27. The predicted octanol–water partition coefficient (Wildman–Crippen LogP) is -1.13. The van der Waals surface area contributed by atoms with Crippen LogP contribution in [-0.2, 0) is 23.4 Å². The van der Waals surface area contributed by atoms with E-state index in [1.165, 1.54) is 14.2 Å². The van der Waals surface area contributed by atoms with E-state index in [9.17, 15) is 9.90 Å². The van der Waals surface area contributed by atoms with Crippen LogP contribution >= 0.6 is 0 Å². The lowest BCUT2D eigenvalue weighted by Gasteiger charge is -2.03. The number of hydrogen-bond acceptors (Lipinski definition) is 5. The third kappa shape index (κ3) is 3.74. The molecular formula is C9H12O6. The molecule has 0 aromatic heterocycles. The van der Waals surface area contributed by atoms with Gasteiger partial charge in [0.15, 0.2) is 14.2 Å². The molecular weight excluding hydrogens is 204 g/mol. The fourth-order valence-electron chi connectivity index (χ4n) is 0.728. The third-order valence-corrected chi connectivity index (χ3v) is 1.38. The highest BCUT2D eigenvalue weighted by molar-refractivity contribution is 6.13. The minimum absolute atomic E-state index is 0.174.